The van der Waals surface area contributed by atoms with Gasteiger partial charge in [-0.05, 0) is 72.5 Å². The molecule has 0 bridgehead atoms. The Morgan fingerprint density at radius 3 is 2.30 bits per heavy atom. The van der Waals surface area contributed by atoms with Gasteiger partial charge in [-0.2, -0.15) is 0 Å². The van der Waals surface area contributed by atoms with Crippen molar-refractivity contribution in [2.45, 2.75) is 25.7 Å². The van der Waals surface area contributed by atoms with Gasteiger partial charge in [-0.3, -0.25) is 4.98 Å². The van der Waals surface area contributed by atoms with Gasteiger partial charge in [0, 0.05) is 27.9 Å². The van der Waals surface area contributed by atoms with Crippen LogP contribution in [-0.4, -0.2) is 4.98 Å². The molecule has 0 fully saturated rings. The number of benzene rings is 3. The molecule has 2 nitrogen and oxygen atoms in total. The third-order valence-electron chi connectivity index (χ3n) is 5.87. The third-order valence-corrected chi connectivity index (χ3v) is 5.87. The van der Waals surface area contributed by atoms with Gasteiger partial charge in [-0.25, -0.2) is 0 Å². The zero-order chi connectivity index (χ0) is 17.8. The molecule has 27 heavy (non-hydrogen) atoms. The summed E-state index contributed by atoms with van der Waals surface area (Å²) in [5.74, 6) is 0. The van der Waals surface area contributed by atoms with Crippen molar-refractivity contribution in [3.63, 3.8) is 0 Å². The number of pyridine rings is 1. The molecule has 0 atom stereocenters. The lowest BCUT2D eigenvalue weighted by atomic mass is 9.90. The number of rotatable bonds is 1. The predicted molar refractivity (Wildman–Crippen MR) is 111 cm³/mol. The van der Waals surface area contributed by atoms with Gasteiger partial charge in [-0.1, -0.05) is 30.3 Å². The second kappa shape index (κ2) is 5.68. The molecule has 1 aliphatic rings. The van der Waals surface area contributed by atoms with E-state index in [-0.39, 0.29) is 0 Å². The average molecular weight is 349 g/mol. The van der Waals surface area contributed by atoms with Crippen molar-refractivity contribution in [3.05, 3.63) is 78.0 Å². The van der Waals surface area contributed by atoms with Gasteiger partial charge >= 0.3 is 0 Å². The molecule has 130 valence electrons. The topological polar surface area (TPSA) is 26.0 Å². The van der Waals surface area contributed by atoms with Gasteiger partial charge in [0.25, 0.3) is 0 Å². The molecule has 0 aliphatic heterocycles. The fourth-order valence-electron chi connectivity index (χ4n) is 4.50. The SMILES string of the molecule is c1ccc(-c2nccc3cc4oc5cc6c(cc5c4cc23)CCCC6)cc1. The van der Waals surface area contributed by atoms with Crippen molar-refractivity contribution in [1.29, 1.82) is 0 Å². The van der Waals surface area contributed by atoms with Crippen LogP contribution in [0.25, 0.3) is 44.0 Å². The molecule has 1 aliphatic carbocycles. The largest absolute Gasteiger partial charge is 0.456 e. The first kappa shape index (κ1) is 15.0. The van der Waals surface area contributed by atoms with Crippen molar-refractivity contribution in [1.82, 2.24) is 4.98 Å². The van der Waals surface area contributed by atoms with Crippen molar-refractivity contribution < 1.29 is 4.42 Å². The van der Waals surface area contributed by atoms with Gasteiger partial charge in [0.1, 0.15) is 11.2 Å². The number of hydrogen-bond acceptors (Lipinski definition) is 2. The van der Waals surface area contributed by atoms with Crippen molar-refractivity contribution in [2.75, 3.05) is 0 Å². The number of fused-ring (bicyclic) bond motifs is 5. The average Bonchev–Trinajstić information content (AvgIpc) is 3.07. The van der Waals surface area contributed by atoms with Gasteiger partial charge in [0.2, 0.25) is 0 Å². The Morgan fingerprint density at radius 2 is 1.44 bits per heavy atom. The predicted octanol–water partition coefficient (Wildman–Crippen LogP) is 6.68. The van der Waals surface area contributed by atoms with E-state index in [1.807, 2.05) is 12.3 Å². The van der Waals surface area contributed by atoms with Crippen molar-refractivity contribution in [3.8, 4) is 11.3 Å². The molecule has 2 heterocycles. The normalized spacial score (nSPS) is 14.1. The van der Waals surface area contributed by atoms with E-state index >= 15 is 0 Å². The lowest BCUT2D eigenvalue weighted by Gasteiger charge is -2.14. The monoisotopic (exact) mass is 349 g/mol. The molecule has 0 saturated carbocycles. The maximum atomic E-state index is 6.25. The van der Waals surface area contributed by atoms with Crippen LogP contribution in [0.1, 0.15) is 24.0 Å². The van der Waals surface area contributed by atoms with E-state index < -0.39 is 0 Å². The number of nitrogens with zero attached hydrogens (tertiary/aromatic N) is 1. The summed E-state index contributed by atoms with van der Waals surface area (Å²) in [4.78, 5) is 4.69. The summed E-state index contributed by atoms with van der Waals surface area (Å²) < 4.78 is 6.25. The minimum atomic E-state index is 0.963. The minimum Gasteiger partial charge on any atom is -0.456 e. The third kappa shape index (κ3) is 2.30. The Hall–Kier alpha value is -3.13. The molecule has 0 N–H and O–H groups in total. The molecule has 6 rings (SSSR count). The summed E-state index contributed by atoms with van der Waals surface area (Å²) in [5.41, 5.74) is 7.10. The fourth-order valence-corrected chi connectivity index (χ4v) is 4.50. The zero-order valence-electron chi connectivity index (χ0n) is 15.0. The molecule has 0 radical (unpaired) electrons. The molecule has 2 heteroatoms. The van der Waals surface area contributed by atoms with Crippen LogP contribution < -0.4 is 0 Å². The Kier molecular flexibility index (Phi) is 3.15. The van der Waals surface area contributed by atoms with E-state index in [9.17, 15) is 0 Å². The molecular weight excluding hydrogens is 330 g/mol. The maximum absolute atomic E-state index is 6.25. The second-order valence-electron chi connectivity index (χ2n) is 7.52. The first-order chi connectivity index (χ1) is 13.4. The van der Waals surface area contributed by atoms with Crippen LogP contribution in [0.5, 0.6) is 0 Å². The fraction of sp³-hybridized carbons (Fsp3) is 0.160. The number of aryl methyl sites for hydroxylation is 2. The van der Waals surface area contributed by atoms with E-state index in [1.54, 1.807) is 0 Å². The Morgan fingerprint density at radius 1 is 0.704 bits per heavy atom. The highest BCUT2D eigenvalue weighted by atomic mass is 16.3. The van der Waals surface area contributed by atoms with Gasteiger partial charge < -0.3 is 4.42 Å². The van der Waals surface area contributed by atoms with Crippen LogP contribution in [0.15, 0.2) is 71.3 Å². The molecule has 0 unspecified atom stereocenters. The quantitative estimate of drug-likeness (QED) is 0.337. The standard InChI is InChI=1S/C25H19NO/c1-2-6-16(7-3-1)25-20-15-22-21-12-17-8-4-5-9-18(17)13-23(21)27-24(22)14-19(20)10-11-26-25/h1-3,6-7,10-15H,4-5,8-9H2. The van der Waals surface area contributed by atoms with Gasteiger partial charge in [0.05, 0.1) is 5.69 Å². The number of hydrogen-bond donors (Lipinski definition) is 0. The summed E-state index contributed by atoms with van der Waals surface area (Å²) in [6, 6.07) is 21.5. The first-order valence-corrected chi connectivity index (χ1v) is 9.69. The number of aromatic nitrogens is 1. The van der Waals surface area contributed by atoms with Crippen LogP contribution in [0.4, 0.5) is 0 Å². The van der Waals surface area contributed by atoms with Crippen LogP contribution in [0, 0.1) is 0 Å². The lowest BCUT2D eigenvalue weighted by molar-refractivity contribution is 0.660. The molecule has 5 aromatic rings. The second-order valence-corrected chi connectivity index (χ2v) is 7.52. The summed E-state index contributed by atoms with van der Waals surface area (Å²) in [7, 11) is 0. The van der Waals surface area contributed by atoms with Crippen molar-refractivity contribution in [2.24, 2.45) is 0 Å². The van der Waals surface area contributed by atoms with E-state index in [0.717, 1.165) is 22.4 Å². The molecule has 0 spiro atoms. The van der Waals surface area contributed by atoms with Crippen LogP contribution in [0.2, 0.25) is 0 Å². The molecule has 3 aromatic carbocycles. The van der Waals surface area contributed by atoms with Gasteiger partial charge in [0.15, 0.2) is 0 Å². The molecule has 0 amide bonds. The minimum absolute atomic E-state index is 0.963. The Balaban J connectivity index is 1.68. The van der Waals surface area contributed by atoms with E-state index in [4.69, 9.17) is 4.42 Å². The van der Waals surface area contributed by atoms with Crippen LogP contribution >= 0.6 is 0 Å². The zero-order valence-corrected chi connectivity index (χ0v) is 15.0. The highest BCUT2D eigenvalue weighted by Crippen LogP contribution is 2.37. The first-order valence-electron chi connectivity index (χ1n) is 9.69. The van der Waals surface area contributed by atoms with Crippen LogP contribution in [-0.2, 0) is 12.8 Å². The highest BCUT2D eigenvalue weighted by molar-refractivity contribution is 6.12. The van der Waals surface area contributed by atoms with Crippen LogP contribution in [0.3, 0.4) is 0 Å². The highest BCUT2D eigenvalue weighted by Gasteiger charge is 2.16. The van der Waals surface area contributed by atoms with E-state index in [1.165, 1.54) is 58.4 Å². The summed E-state index contributed by atoms with van der Waals surface area (Å²) >= 11 is 0. The maximum Gasteiger partial charge on any atom is 0.136 e. The lowest BCUT2D eigenvalue weighted by Crippen LogP contribution is -2.01. The van der Waals surface area contributed by atoms with E-state index in [0.29, 0.717) is 0 Å². The molecule has 0 saturated heterocycles. The summed E-state index contributed by atoms with van der Waals surface area (Å²) in [6.07, 6.45) is 6.82. The molecule has 2 aromatic heterocycles. The number of furan rings is 1. The molecular formula is C25H19NO. The smallest absolute Gasteiger partial charge is 0.136 e. The van der Waals surface area contributed by atoms with Crippen molar-refractivity contribution >= 4 is 32.7 Å². The Labute approximate surface area is 157 Å². The van der Waals surface area contributed by atoms with E-state index in [2.05, 4.69) is 59.6 Å². The van der Waals surface area contributed by atoms with Gasteiger partial charge in [-0.15, -0.1) is 0 Å². The summed E-state index contributed by atoms with van der Waals surface area (Å²) in [5, 5.41) is 4.77. The Bertz CT molecular complexity index is 1310. The summed E-state index contributed by atoms with van der Waals surface area (Å²) in [6.45, 7) is 0.